The summed E-state index contributed by atoms with van der Waals surface area (Å²) in [4.78, 5) is 25.7. The number of alkyl halides is 2. The number of ether oxygens (including phenoxy) is 1. The summed E-state index contributed by atoms with van der Waals surface area (Å²) in [6.45, 7) is -2.66. The Balaban J connectivity index is 1.54. The first-order valence-electron chi connectivity index (χ1n) is 8.09. The molecule has 3 rings (SSSR count). The van der Waals surface area contributed by atoms with Gasteiger partial charge in [-0.3, -0.25) is 4.79 Å². The smallest absolute Gasteiger partial charge is 0.387 e. The highest BCUT2D eigenvalue weighted by molar-refractivity contribution is 5.97. The van der Waals surface area contributed by atoms with Crippen LogP contribution >= 0.6 is 0 Å². The largest absolute Gasteiger partial charge is 0.435 e. The summed E-state index contributed by atoms with van der Waals surface area (Å²) in [5, 5.41) is 5.23. The molecule has 2 aromatic rings. The van der Waals surface area contributed by atoms with Crippen molar-refractivity contribution in [2.45, 2.75) is 19.1 Å². The van der Waals surface area contributed by atoms with Crippen LogP contribution in [0.1, 0.15) is 6.42 Å². The van der Waals surface area contributed by atoms with Crippen LogP contribution in [0.5, 0.6) is 5.75 Å². The number of carbonyl (C=O) groups excluding carboxylic acids is 2. The third-order valence-corrected chi connectivity index (χ3v) is 3.94. The number of nitrogens with one attached hydrogen (secondary N) is 2. The van der Waals surface area contributed by atoms with Crippen LogP contribution in [0.25, 0.3) is 0 Å². The average Bonchev–Trinajstić information content (AvgIpc) is 2.97. The zero-order chi connectivity index (χ0) is 19.4. The Hall–Kier alpha value is -3.23. The van der Waals surface area contributed by atoms with Gasteiger partial charge in [0.05, 0.1) is 6.04 Å². The van der Waals surface area contributed by atoms with Crippen molar-refractivity contribution in [3.63, 3.8) is 0 Å². The van der Waals surface area contributed by atoms with Gasteiger partial charge in [-0.05, 0) is 48.5 Å². The van der Waals surface area contributed by atoms with Crippen LogP contribution in [0.2, 0.25) is 0 Å². The third kappa shape index (κ3) is 4.90. The molecule has 6 nitrogen and oxygen atoms in total. The lowest BCUT2D eigenvalue weighted by Crippen LogP contribution is -2.39. The first-order chi connectivity index (χ1) is 12.9. The lowest BCUT2D eigenvalue weighted by Gasteiger charge is -2.17. The molecule has 0 bridgehead atoms. The molecular weight excluding hydrogens is 363 g/mol. The Labute approximate surface area is 152 Å². The van der Waals surface area contributed by atoms with Crippen LogP contribution in [0.4, 0.5) is 29.3 Å². The van der Waals surface area contributed by atoms with E-state index in [0.29, 0.717) is 11.4 Å². The minimum absolute atomic E-state index is 0.0210. The van der Waals surface area contributed by atoms with Gasteiger partial charge in [0, 0.05) is 24.3 Å². The van der Waals surface area contributed by atoms with Gasteiger partial charge in [-0.1, -0.05) is 0 Å². The highest BCUT2D eigenvalue weighted by Crippen LogP contribution is 2.22. The van der Waals surface area contributed by atoms with Gasteiger partial charge in [-0.15, -0.1) is 0 Å². The second-order valence-electron chi connectivity index (χ2n) is 5.88. The second kappa shape index (κ2) is 7.98. The summed E-state index contributed by atoms with van der Waals surface area (Å²) < 4.78 is 41.5. The van der Waals surface area contributed by atoms with E-state index >= 15 is 0 Å². The normalized spacial score (nSPS) is 16.5. The molecular formula is C18H16F3N3O3. The predicted molar refractivity (Wildman–Crippen MR) is 92.4 cm³/mol. The number of halogens is 3. The number of urea groups is 1. The minimum Gasteiger partial charge on any atom is -0.435 e. The zero-order valence-corrected chi connectivity index (χ0v) is 14.0. The molecule has 1 aliphatic rings. The number of carbonyl (C=O) groups is 2. The monoisotopic (exact) mass is 379 g/mol. The summed E-state index contributed by atoms with van der Waals surface area (Å²) >= 11 is 0. The molecule has 27 heavy (non-hydrogen) atoms. The summed E-state index contributed by atoms with van der Waals surface area (Å²) in [6, 6.07) is 10.0. The van der Waals surface area contributed by atoms with Crippen molar-refractivity contribution < 1.29 is 27.5 Å². The number of nitrogens with zero attached hydrogens (tertiary/aromatic N) is 1. The van der Waals surface area contributed by atoms with Gasteiger partial charge < -0.3 is 20.3 Å². The molecule has 1 atom stereocenters. The van der Waals surface area contributed by atoms with Crippen molar-refractivity contribution in [2.24, 2.45) is 0 Å². The molecule has 3 amide bonds. The molecule has 9 heteroatoms. The number of hydrogen-bond acceptors (Lipinski definition) is 3. The van der Waals surface area contributed by atoms with Crippen molar-refractivity contribution in [1.82, 2.24) is 5.32 Å². The van der Waals surface area contributed by atoms with Gasteiger partial charge in [0.2, 0.25) is 5.91 Å². The molecule has 142 valence electrons. The number of rotatable bonds is 5. The second-order valence-corrected chi connectivity index (χ2v) is 5.88. The fraction of sp³-hybridized carbons (Fsp3) is 0.222. The summed E-state index contributed by atoms with van der Waals surface area (Å²) in [6.07, 6.45) is 0.117. The molecule has 0 radical (unpaired) electrons. The molecule has 1 heterocycles. The lowest BCUT2D eigenvalue weighted by molar-refractivity contribution is -0.117. The molecule has 0 saturated carbocycles. The summed E-state index contributed by atoms with van der Waals surface area (Å²) in [7, 11) is 0. The molecule has 0 aromatic heterocycles. The molecule has 0 spiro atoms. The fourth-order valence-corrected chi connectivity index (χ4v) is 2.75. The molecule has 2 aromatic carbocycles. The van der Waals surface area contributed by atoms with Crippen LogP contribution in [-0.4, -0.2) is 31.1 Å². The van der Waals surface area contributed by atoms with E-state index in [1.165, 1.54) is 53.4 Å². The Morgan fingerprint density at radius 2 is 1.78 bits per heavy atom. The number of benzene rings is 2. The minimum atomic E-state index is -2.92. The fourth-order valence-electron chi connectivity index (χ4n) is 2.75. The molecule has 1 aliphatic heterocycles. The molecule has 0 aliphatic carbocycles. The highest BCUT2D eigenvalue weighted by Gasteiger charge is 2.31. The molecule has 2 N–H and O–H groups in total. The van der Waals surface area contributed by atoms with Crippen LogP contribution in [0.3, 0.4) is 0 Å². The summed E-state index contributed by atoms with van der Waals surface area (Å²) in [5.41, 5.74) is 0.939. The van der Waals surface area contributed by atoms with Crippen molar-refractivity contribution in [2.75, 3.05) is 16.8 Å². The van der Waals surface area contributed by atoms with Crippen molar-refractivity contribution in [3.05, 3.63) is 54.3 Å². The SMILES string of the molecule is O=C(Nc1ccc(OC(F)F)cc1)NC1CC(=O)N(c2ccc(F)cc2)C1. The standard InChI is InChI=1S/C18H16F3N3O3/c19-11-1-5-14(6-2-11)24-10-13(9-16(24)25)23-18(26)22-12-3-7-15(8-4-12)27-17(20)21/h1-8,13,17H,9-10H2,(H2,22,23,26). The van der Waals surface area contributed by atoms with Crippen LogP contribution in [0, 0.1) is 5.82 Å². The zero-order valence-electron chi connectivity index (χ0n) is 14.0. The van der Waals surface area contributed by atoms with Gasteiger partial charge >= 0.3 is 12.6 Å². The maximum absolute atomic E-state index is 13.0. The van der Waals surface area contributed by atoms with E-state index < -0.39 is 24.5 Å². The van der Waals surface area contributed by atoms with Crippen molar-refractivity contribution in [3.8, 4) is 5.75 Å². The number of amides is 3. The number of anilines is 2. The Morgan fingerprint density at radius 3 is 2.41 bits per heavy atom. The van der Waals surface area contributed by atoms with Gasteiger partial charge in [-0.2, -0.15) is 8.78 Å². The first kappa shape index (κ1) is 18.6. The van der Waals surface area contributed by atoms with E-state index in [0.717, 1.165) is 0 Å². The average molecular weight is 379 g/mol. The molecule has 1 fully saturated rings. The highest BCUT2D eigenvalue weighted by atomic mass is 19.3. The third-order valence-electron chi connectivity index (χ3n) is 3.94. The van der Waals surface area contributed by atoms with E-state index in [2.05, 4.69) is 15.4 Å². The van der Waals surface area contributed by atoms with Gasteiger partial charge in [-0.25, -0.2) is 9.18 Å². The first-order valence-corrected chi connectivity index (χ1v) is 8.09. The van der Waals surface area contributed by atoms with Gasteiger partial charge in [0.1, 0.15) is 11.6 Å². The van der Waals surface area contributed by atoms with Crippen LogP contribution in [0.15, 0.2) is 48.5 Å². The van der Waals surface area contributed by atoms with Crippen molar-refractivity contribution >= 4 is 23.3 Å². The van der Waals surface area contributed by atoms with Crippen molar-refractivity contribution in [1.29, 1.82) is 0 Å². The molecule has 1 unspecified atom stereocenters. The van der Waals surface area contributed by atoms with Gasteiger partial charge in [0.15, 0.2) is 0 Å². The summed E-state index contributed by atoms with van der Waals surface area (Å²) in [5.74, 6) is -0.600. The van der Waals surface area contributed by atoms with Gasteiger partial charge in [0.25, 0.3) is 0 Å². The Bertz CT molecular complexity index is 813. The van der Waals surface area contributed by atoms with E-state index in [1.807, 2.05) is 0 Å². The van der Waals surface area contributed by atoms with Crippen LogP contribution < -0.4 is 20.3 Å². The maximum atomic E-state index is 13.0. The Morgan fingerprint density at radius 1 is 1.11 bits per heavy atom. The number of hydrogen-bond donors (Lipinski definition) is 2. The van der Waals surface area contributed by atoms with Crippen LogP contribution in [-0.2, 0) is 4.79 Å². The van der Waals surface area contributed by atoms with E-state index in [-0.39, 0.29) is 24.6 Å². The topological polar surface area (TPSA) is 70.7 Å². The quantitative estimate of drug-likeness (QED) is 0.837. The van der Waals surface area contributed by atoms with E-state index in [4.69, 9.17) is 0 Å². The predicted octanol–water partition coefficient (Wildman–Crippen LogP) is 3.35. The van der Waals surface area contributed by atoms with E-state index in [1.54, 1.807) is 0 Å². The molecule has 1 saturated heterocycles. The Kier molecular flexibility index (Phi) is 5.49. The maximum Gasteiger partial charge on any atom is 0.387 e. The van der Waals surface area contributed by atoms with E-state index in [9.17, 15) is 22.8 Å². The lowest BCUT2D eigenvalue weighted by atomic mass is 10.2.